The van der Waals surface area contributed by atoms with Crippen molar-refractivity contribution in [1.29, 1.82) is 0 Å². The highest BCUT2D eigenvalue weighted by molar-refractivity contribution is 6.00. The number of nitrogens with zero attached hydrogens (tertiary/aromatic N) is 1. The van der Waals surface area contributed by atoms with E-state index in [1.165, 1.54) is 0 Å². The molecule has 0 aliphatic heterocycles. The first-order chi connectivity index (χ1) is 6.86. The first-order valence-corrected chi connectivity index (χ1v) is 4.22. The standard InChI is InChI=1S/C11H9NO2/c1-14-11-3-2-8-4-5-12-6-9(8)10(11)7-13/h2-7H,1H3. The Morgan fingerprint density at radius 3 is 2.93 bits per heavy atom. The second kappa shape index (κ2) is 3.46. The minimum absolute atomic E-state index is 0.554. The van der Waals surface area contributed by atoms with Crippen LogP contribution >= 0.6 is 0 Å². The van der Waals surface area contributed by atoms with Crippen LogP contribution < -0.4 is 4.74 Å². The van der Waals surface area contributed by atoms with E-state index in [2.05, 4.69) is 4.98 Å². The molecule has 2 rings (SSSR count). The zero-order valence-corrected chi connectivity index (χ0v) is 7.73. The van der Waals surface area contributed by atoms with E-state index in [4.69, 9.17) is 4.74 Å². The summed E-state index contributed by atoms with van der Waals surface area (Å²) < 4.78 is 5.09. The molecule has 0 fully saturated rings. The molecular formula is C11H9NO2. The largest absolute Gasteiger partial charge is 0.496 e. The van der Waals surface area contributed by atoms with E-state index in [-0.39, 0.29) is 0 Å². The average molecular weight is 187 g/mol. The Kier molecular flexibility index (Phi) is 2.14. The number of pyridine rings is 1. The summed E-state index contributed by atoms with van der Waals surface area (Å²) >= 11 is 0. The molecule has 70 valence electrons. The molecule has 0 saturated heterocycles. The first-order valence-electron chi connectivity index (χ1n) is 4.22. The molecule has 0 saturated carbocycles. The van der Waals surface area contributed by atoms with Crippen LogP contribution in [0, 0.1) is 0 Å². The maximum absolute atomic E-state index is 10.9. The molecule has 0 aliphatic carbocycles. The van der Waals surface area contributed by atoms with Crippen LogP contribution in [0.2, 0.25) is 0 Å². The second-order valence-corrected chi connectivity index (χ2v) is 2.90. The maximum Gasteiger partial charge on any atom is 0.154 e. The van der Waals surface area contributed by atoms with Crippen LogP contribution in [0.15, 0.2) is 30.6 Å². The van der Waals surface area contributed by atoms with Crippen LogP contribution in [0.5, 0.6) is 5.75 Å². The Bertz CT molecular complexity index is 480. The van der Waals surface area contributed by atoms with Crippen molar-refractivity contribution >= 4 is 17.1 Å². The summed E-state index contributed by atoms with van der Waals surface area (Å²) in [5.74, 6) is 0.584. The van der Waals surface area contributed by atoms with E-state index >= 15 is 0 Å². The van der Waals surface area contributed by atoms with Crippen molar-refractivity contribution in [2.45, 2.75) is 0 Å². The van der Waals surface area contributed by atoms with Crippen molar-refractivity contribution in [2.24, 2.45) is 0 Å². The third-order valence-corrected chi connectivity index (χ3v) is 2.16. The fourth-order valence-corrected chi connectivity index (χ4v) is 1.46. The summed E-state index contributed by atoms with van der Waals surface area (Å²) in [6, 6.07) is 5.55. The molecule has 1 aromatic carbocycles. The van der Waals surface area contributed by atoms with Gasteiger partial charge in [-0.15, -0.1) is 0 Å². The molecule has 0 spiro atoms. The Morgan fingerprint density at radius 2 is 2.21 bits per heavy atom. The number of methoxy groups -OCH3 is 1. The molecule has 0 bridgehead atoms. The number of aromatic nitrogens is 1. The smallest absolute Gasteiger partial charge is 0.154 e. The monoisotopic (exact) mass is 187 g/mol. The van der Waals surface area contributed by atoms with E-state index in [1.807, 2.05) is 12.1 Å². The fourth-order valence-electron chi connectivity index (χ4n) is 1.46. The molecule has 1 heterocycles. The number of fused-ring (bicyclic) bond motifs is 1. The van der Waals surface area contributed by atoms with E-state index in [0.717, 1.165) is 17.1 Å². The van der Waals surface area contributed by atoms with Crippen molar-refractivity contribution in [2.75, 3.05) is 7.11 Å². The summed E-state index contributed by atoms with van der Waals surface area (Å²) in [6.07, 6.45) is 4.16. The Balaban J connectivity index is 2.83. The first kappa shape index (κ1) is 8.69. The summed E-state index contributed by atoms with van der Waals surface area (Å²) in [7, 11) is 1.55. The molecular weight excluding hydrogens is 178 g/mol. The number of benzene rings is 1. The summed E-state index contributed by atoms with van der Waals surface area (Å²) in [5, 5.41) is 1.81. The van der Waals surface area contributed by atoms with Gasteiger partial charge < -0.3 is 4.74 Å². The molecule has 0 unspecified atom stereocenters. The van der Waals surface area contributed by atoms with Gasteiger partial charge in [0, 0.05) is 17.8 Å². The molecule has 3 nitrogen and oxygen atoms in total. The van der Waals surface area contributed by atoms with Crippen molar-refractivity contribution in [3.63, 3.8) is 0 Å². The second-order valence-electron chi connectivity index (χ2n) is 2.90. The zero-order valence-electron chi connectivity index (χ0n) is 7.73. The molecule has 1 aromatic heterocycles. The molecule has 0 atom stereocenters. The van der Waals surface area contributed by atoms with Crippen LogP contribution in [0.25, 0.3) is 10.8 Å². The SMILES string of the molecule is COc1ccc2ccncc2c1C=O. The third-order valence-electron chi connectivity index (χ3n) is 2.16. The lowest BCUT2D eigenvalue weighted by atomic mass is 10.1. The van der Waals surface area contributed by atoms with Gasteiger partial charge in [0.25, 0.3) is 0 Å². The summed E-state index contributed by atoms with van der Waals surface area (Å²) in [5.41, 5.74) is 0.554. The topological polar surface area (TPSA) is 39.2 Å². The Hall–Kier alpha value is -1.90. The van der Waals surface area contributed by atoms with Crippen LogP contribution in [-0.4, -0.2) is 18.4 Å². The number of hydrogen-bond acceptors (Lipinski definition) is 3. The highest BCUT2D eigenvalue weighted by atomic mass is 16.5. The van der Waals surface area contributed by atoms with Gasteiger partial charge in [0.05, 0.1) is 12.7 Å². The zero-order chi connectivity index (χ0) is 9.97. The number of aldehydes is 1. The van der Waals surface area contributed by atoms with Gasteiger partial charge >= 0.3 is 0 Å². The highest BCUT2D eigenvalue weighted by Gasteiger charge is 2.06. The van der Waals surface area contributed by atoms with Gasteiger partial charge in [-0.2, -0.15) is 0 Å². The van der Waals surface area contributed by atoms with Crippen LogP contribution in [0.4, 0.5) is 0 Å². The van der Waals surface area contributed by atoms with Gasteiger partial charge in [0.1, 0.15) is 5.75 Å². The van der Waals surface area contributed by atoms with Gasteiger partial charge in [-0.3, -0.25) is 9.78 Å². The lowest BCUT2D eigenvalue weighted by molar-refractivity contribution is 0.112. The molecule has 0 radical (unpaired) electrons. The van der Waals surface area contributed by atoms with Crippen molar-refractivity contribution in [1.82, 2.24) is 4.98 Å². The Morgan fingerprint density at radius 1 is 1.36 bits per heavy atom. The van der Waals surface area contributed by atoms with Crippen LogP contribution in [0.1, 0.15) is 10.4 Å². The van der Waals surface area contributed by atoms with Gasteiger partial charge in [0.15, 0.2) is 6.29 Å². The Labute approximate surface area is 81.3 Å². The van der Waals surface area contributed by atoms with Gasteiger partial charge in [-0.05, 0) is 17.5 Å². The van der Waals surface area contributed by atoms with Gasteiger partial charge in [-0.25, -0.2) is 0 Å². The minimum Gasteiger partial charge on any atom is -0.496 e. The van der Waals surface area contributed by atoms with E-state index < -0.39 is 0 Å². The number of rotatable bonds is 2. The molecule has 0 amide bonds. The quantitative estimate of drug-likeness (QED) is 0.675. The molecule has 0 aliphatic rings. The predicted molar refractivity (Wildman–Crippen MR) is 53.7 cm³/mol. The van der Waals surface area contributed by atoms with E-state index in [9.17, 15) is 4.79 Å². The fraction of sp³-hybridized carbons (Fsp3) is 0.0909. The molecule has 0 N–H and O–H groups in total. The number of ether oxygens (including phenoxy) is 1. The van der Waals surface area contributed by atoms with Gasteiger partial charge in [0.2, 0.25) is 0 Å². The van der Waals surface area contributed by atoms with Gasteiger partial charge in [-0.1, -0.05) is 6.07 Å². The predicted octanol–water partition coefficient (Wildman–Crippen LogP) is 2.06. The summed E-state index contributed by atoms with van der Waals surface area (Å²) in [4.78, 5) is 14.9. The maximum atomic E-state index is 10.9. The highest BCUT2D eigenvalue weighted by Crippen LogP contribution is 2.25. The summed E-state index contributed by atoms with van der Waals surface area (Å²) in [6.45, 7) is 0. The van der Waals surface area contributed by atoms with Crippen LogP contribution in [0.3, 0.4) is 0 Å². The van der Waals surface area contributed by atoms with E-state index in [0.29, 0.717) is 11.3 Å². The van der Waals surface area contributed by atoms with E-state index in [1.54, 1.807) is 25.6 Å². The lowest BCUT2D eigenvalue weighted by Crippen LogP contribution is -1.92. The normalized spacial score (nSPS) is 10.1. The molecule has 2 aromatic rings. The minimum atomic E-state index is 0.554. The molecule has 14 heavy (non-hydrogen) atoms. The lowest BCUT2D eigenvalue weighted by Gasteiger charge is -2.05. The molecule has 3 heteroatoms. The van der Waals surface area contributed by atoms with Crippen molar-refractivity contribution in [3.05, 3.63) is 36.2 Å². The third kappa shape index (κ3) is 1.23. The van der Waals surface area contributed by atoms with Crippen molar-refractivity contribution < 1.29 is 9.53 Å². The number of carbonyl (C=O) groups excluding carboxylic acids is 1. The van der Waals surface area contributed by atoms with Crippen LogP contribution in [-0.2, 0) is 0 Å². The number of carbonyl (C=O) groups is 1. The average Bonchev–Trinajstić information content (AvgIpc) is 2.27. The van der Waals surface area contributed by atoms with Crippen molar-refractivity contribution in [3.8, 4) is 5.75 Å². The number of hydrogen-bond donors (Lipinski definition) is 0.